The maximum atomic E-state index is 10.9. The van der Waals surface area contributed by atoms with Crippen LogP contribution in [0.25, 0.3) is 0 Å². The van der Waals surface area contributed by atoms with Gasteiger partial charge in [-0.05, 0) is 18.1 Å². The standard InChI is InChI=1S/C6H14N4OS/c1-4(2)3-8-6(11)10-9-5(7)12/h4H,3H2,1-2H3,(H3,7,9,12)(H2,8,10,11). The normalized spacial score (nSPS) is 9.25. The van der Waals surface area contributed by atoms with Crippen LogP contribution in [0.2, 0.25) is 0 Å². The fourth-order valence-electron chi connectivity index (χ4n) is 0.459. The van der Waals surface area contributed by atoms with Crippen molar-refractivity contribution in [3.05, 3.63) is 0 Å². The van der Waals surface area contributed by atoms with Crippen LogP contribution in [0.5, 0.6) is 0 Å². The van der Waals surface area contributed by atoms with Crippen LogP contribution < -0.4 is 21.9 Å². The van der Waals surface area contributed by atoms with Gasteiger partial charge in [0, 0.05) is 6.54 Å². The van der Waals surface area contributed by atoms with Crippen molar-refractivity contribution in [3.63, 3.8) is 0 Å². The van der Waals surface area contributed by atoms with Crippen LogP contribution in [0, 0.1) is 5.92 Å². The number of thiocarbonyl (C=S) groups is 1. The second-order valence-electron chi connectivity index (χ2n) is 2.72. The van der Waals surface area contributed by atoms with E-state index < -0.39 is 0 Å². The van der Waals surface area contributed by atoms with Crippen molar-refractivity contribution in [1.82, 2.24) is 16.2 Å². The number of hydrogen-bond donors (Lipinski definition) is 4. The summed E-state index contributed by atoms with van der Waals surface area (Å²) in [6.07, 6.45) is 0. The molecule has 0 fully saturated rings. The van der Waals surface area contributed by atoms with E-state index in [1.54, 1.807) is 0 Å². The molecular weight excluding hydrogens is 176 g/mol. The molecule has 0 aromatic rings. The monoisotopic (exact) mass is 190 g/mol. The summed E-state index contributed by atoms with van der Waals surface area (Å²) in [6, 6.07) is -0.337. The van der Waals surface area contributed by atoms with Gasteiger partial charge in [-0.2, -0.15) is 0 Å². The maximum Gasteiger partial charge on any atom is 0.333 e. The molecule has 0 saturated heterocycles. The van der Waals surface area contributed by atoms with E-state index in [0.29, 0.717) is 12.5 Å². The van der Waals surface area contributed by atoms with Crippen LogP contribution in [0.15, 0.2) is 0 Å². The highest BCUT2D eigenvalue weighted by Gasteiger charge is 1.99. The van der Waals surface area contributed by atoms with Crippen LogP contribution in [-0.4, -0.2) is 17.7 Å². The van der Waals surface area contributed by atoms with Crippen molar-refractivity contribution in [2.24, 2.45) is 11.7 Å². The van der Waals surface area contributed by atoms with Gasteiger partial charge in [0.1, 0.15) is 0 Å². The summed E-state index contributed by atoms with van der Waals surface area (Å²) >= 11 is 4.47. The summed E-state index contributed by atoms with van der Waals surface area (Å²) in [5, 5.41) is 2.65. The third kappa shape index (κ3) is 7.07. The van der Waals surface area contributed by atoms with Crippen molar-refractivity contribution in [3.8, 4) is 0 Å². The lowest BCUT2D eigenvalue weighted by atomic mass is 10.2. The zero-order valence-corrected chi connectivity index (χ0v) is 7.99. The molecule has 0 aromatic heterocycles. The molecule has 0 unspecified atom stereocenters. The average Bonchev–Trinajstić information content (AvgIpc) is 1.96. The van der Waals surface area contributed by atoms with Crippen molar-refractivity contribution in [2.75, 3.05) is 6.54 Å². The Morgan fingerprint density at radius 1 is 1.50 bits per heavy atom. The number of carbonyl (C=O) groups is 1. The van der Waals surface area contributed by atoms with Gasteiger partial charge in [0.05, 0.1) is 0 Å². The van der Waals surface area contributed by atoms with E-state index in [1.807, 2.05) is 13.8 Å². The van der Waals surface area contributed by atoms with Gasteiger partial charge in [-0.3, -0.25) is 5.43 Å². The molecule has 0 saturated carbocycles. The van der Waals surface area contributed by atoms with Gasteiger partial charge in [-0.25, -0.2) is 10.2 Å². The van der Waals surface area contributed by atoms with Crippen LogP contribution in [0.1, 0.15) is 13.8 Å². The van der Waals surface area contributed by atoms with Gasteiger partial charge in [-0.15, -0.1) is 0 Å². The van der Waals surface area contributed by atoms with Crippen molar-refractivity contribution in [2.45, 2.75) is 13.8 Å². The Morgan fingerprint density at radius 3 is 2.50 bits per heavy atom. The molecule has 6 heteroatoms. The van der Waals surface area contributed by atoms with Gasteiger partial charge in [0.15, 0.2) is 5.11 Å². The van der Waals surface area contributed by atoms with Gasteiger partial charge < -0.3 is 11.1 Å². The maximum absolute atomic E-state index is 10.9. The van der Waals surface area contributed by atoms with E-state index >= 15 is 0 Å². The molecule has 0 spiro atoms. The lowest BCUT2D eigenvalue weighted by Gasteiger charge is -2.09. The minimum absolute atomic E-state index is 0.0368. The van der Waals surface area contributed by atoms with E-state index in [0.717, 1.165) is 0 Å². The summed E-state index contributed by atoms with van der Waals surface area (Å²) in [5.41, 5.74) is 9.66. The number of hydrazine groups is 1. The molecule has 0 atom stereocenters. The predicted octanol–water partition coefficient (Wildman–Crippen LogP) is -0.310. The number of urea groups is 1. The van der Waals surface area contributed by atoms with E-state index in [1.165, 1.54) is 0 Å². The quantitative estimate of drug-likeness (QED) is 0.356. The third-order valence-electron chi connectivity index (χ3n) is 0.970. The first-order chi connectivity index (χ1) is 5.52. The highest BCUT2D eigenvalue weighted by Crippen LogP contribution is 1.85. The number of nitrogens with two attached hydrogens (primary N) is 1. The number of amides is 2. The van der Waals surface area contributed by atoms with E-state index in [-0.39, 0.29) is 11.1 Å². The molecule has 0 aromatic carbocycles. The van der Waals surface area contributed by atoms with Crippen LogP contribution >= 0.6 is 12.2 Å². The molecule has 0 radical (unpaired) electrons. The zero-order valence-electron chi connectivity index (χ0n) is 7.18. The topological polar surface area (TPSA) is 79.2 Å². The molecule has 0 rings (SSSR count). The van der Waals surface area contributed by atoms with Gasteiger partial charge in [0.2, 0.25) is 0 Å². The molecule has 70 valence electrons. The number of hydrogen-bond acceptors (Lipinski definition) is 2. The molecule has 0 aliphatic rings. The third-order valence-corrected chi connectivity index (χ3v) is 1.07. The highest BCUT2D eigenvalue weighted by molar-refractivity contribution is 7.80. The first-order valence-electron chi connectivity index (χ1n) is 3.61. The Morgan fingerprint density at radius 2 is 2.08 bits per heavy atom. The molecule has 0 bridgehead atoms. The van der Waals surface area contributed by atoms with Gasteiger partial charge >= 0.3 is 6.03 Å². The van der Waals surface area contributed by atoms with Crippen molar-refractivity contribution >= 4 is 23.4 Å². The van der Waals surface area contributed by atoms with E-state index in [9.17, 15) is 4.79 Å². The molecule has 0 aliphatic carbocycles. The number of rotatable bonds is 2. The largest absolute Gasteiger partial charge is 0.375 e. The minimum atomic E-state index is -0.337. The van der Waals surface area contributed by atoms with Gasteiger partial charge in [-0.1, -0.05) is 13.8 Å². The Balaban J connectivity index is 3.40. The molecule has 0 heterocycles. The predicted molar refractivity (Wildman–Crippen MR) is 51.3 cm³/mol. The van der Waals surface area contributed by atoms with E-state index in [4.69, 9.17) is 5.73 Å². The summed E-state index contributed by atoms with van der Waals surface area (Å²) < 4.78 is 0. The van der Waals surface area contributed by atoms with Crippen LogP contribution in [0.4, 0.5) is 4.79 Å². The second-order valence-corrected chi connectivity index (χ2v) is 3.16. The molecule has 2 amide bonds. The lowest BCUT2D eigenvalue weighted by molar-refractivity contribution is 0.238. The zero-order chi connectivity index (χ0) is 9.56. The fourth-order valence-corrected chi connectivity index (χ4v) is 0.510. The molecular formula is C6H14N4OS. The Kier molecular flexibility index (Phi) is 5.11. The second kappa shape index (κ2) is 5.59. The Labute approximate surface area is 77.0 Å². The first kappa shape index (κ1) is 11.0. The Hall–Kier alpha value is -1.04. The van der Waals surface area contributed by atoms with Crippen molar-refractivity contribution < 1.29 is 4.79 Å². The molecule has 5 N–H and O–H groups in total. The average molecular weight is 190 g/mol. The summed E-state index contributed by atoms with van der Waals surface area (Å²) in [4.78, 5) is 10.9. The fraction of sp³-hybridized carbons (Fsp3) is 0.667. The van der Waals surface area contributed by atoms with Gasteiger partial charge in [0.25, 0.3) is 0 Å². The lowest BCUT2D eigenvalue weighted by Crippen LogP contribution is -2.49. The molecule has 0 aliphatic heterocycles. The van der Waals surface area contributed by atoms with E-state index in [2.05, 4.69) is 28.4 Å². The highest BCUT2D eigenvalue weighted by atomic mass is 32.1. The minimum Gasteiger partial charge on any atom is -0.375 e. The number of nitrogens with one attached hydrogen (secondary N) is 3. The van der Waals surface area contributed by atoms with Crippen LogP contribution in [-0.2, 0) is 0 Å². The summed E-state index contributed by atoms with van der Waals surface area (Å²) in [7, 11) is 0. The molecule has 5 nitrogen and oxygen atoms in total. The van der Waals surface area contributed by atoms with Crippen molar-refractivity contribution in [1.29, 1.82) is 0 Å². The summed E-state index contributed by atoms with van der Waals surface area (Å²) in [6.45, 7) is 4.62. The Bertz CT molecular complexity index is 171. The smallest absolute Gasteiger partial charge is 0.333 e. The number of carbonyl (C=O) groups excluding carboxylic acids is 1. The first-order valence-corrected chi connectivity index (χ1v) is 4.02. The van der Waals surface area contributed by atoms with Crippen LogP contribution in [0.3, 0.4) is 0 Å². The summed E-state index contributed by atoms with van der Waals surface area (Å²) in [5.74, 6) is 0.417. The SMILES string of the molecule is CC(C)CNC(=O)NNC(N)=S. The molecule has 12 heavy (non-hydrogen) atoms.